The predicted octanol–water partition coefficient (Wildman–Crippen LogP) is 6.48. The minimum atomic E-state index is 0.0852. The van der Waals surface area contributed by atoms with Crippen LogP contribution in [0.5, 0.6) is 0 Å². The van der Waals surface area contributed by atoms with E-state index in [9.17, 15) is 4.79 Å². The minimum absolute atomic E-state index is 0.0852. The van der Waals surface area contributed by atoms with Gasteiger partial charge in [-0.2, -0.15) is 0 Å². The Bertz CT molecular complexity index is 997. The van der Waals surface area contributed by atoms with Crippen LogP contribution in [0.2, 0.25) is 0 Å². The lowest BCUT2D eigenvalue weighted by Crippen LogP contribution is -2.50. The average molecular weight is 399 g/mol. The number of para-hydroxylation sites is 2. The van der Waals surface area contributed by atoms with Gasteiger partial charge in [0.05, 0.1) is 6.04 Å². The first-order chi connectivity index (χ1) is 14.6. The quantitative estimate of drug-likeness (QED) is 0.534. The third-order valence-corrected chi connectivity index (χ3v) is 6.34. The van der Waals surface area contributed by atoms with E-state index in [2.05, 4.69) is 80.7 Å². The molecule has 3 heteroatoms. The summed E-state index contributed by atoms with van der Waals surface area (Å²) in [7, 11) is 0. The van der Waals surface area contributed by atoms with Crippen molar-refractivity contribution in [2.45, 2.75) is 45.7 Å². The van der Waals surface area contributed by atoms with Gasteiger partial charge in [0, 0.05) is 28.9 Å². The number of carbonyl (C=O) groups is 1. The molecule has 0 spiro atoms. The molecule has 30 heavy (non-hydrogen) atoms. The third-order valence-electron chi connectivity index (χ3n) is 6.34. The first kappa shape index (κ1) is 20.2. The fourth-order valence-corrected chi connectivity index (χ4v) is 4.65. The van der Waals surface area contributed by atoms with E-state index in [1.165, 1.54) is 11.1 Å². The number of amides is 1. The molecule has 1 aliphatic rings. The predicted molar refractivity (Wildman–Crippen MR) is 125 cm³/mol. The Hall–Kier alpha value is -3.07. The van der Waals surface area contributed by atoms with Crippen LogP contribution in [0.15, 0.2) is 78.9 Å². The highest BCUT2D eigenvalue weighted by Crippen LogP contribution is 2.43. The van der Waals surface area contributed by atoms with Crippen LogP contribution in [0.3, 0.4) is 0 Å². The number of aryl methyl sites for hydroxylation is 1. The van der Waals surface area contributed by atoms with Crippen LogP contribution in [-0.2, 0) is 6.42 Å². The van der Waals surface area contributed by atoms with Crippen molar-refractivity contribution in [1.82, 2.24) is 0 Å². The normalized spacial score (nSPS) is 20.5. The number of rotatable bonds is 5. The maximum Gasteiger partial charge on any atom is 0.258 e. The molecule has 3 nitrogen and oxygen atoms in total. The van der Waals surface area contributed by atoms with Crippen LogP contribution in [0.1, 0.15) is 54.7 Å². The van der Waals surface area contributed by atoms with Gasteiger partial charge in [0.25, 0.3) is 5.91 Å². The van der Waals surface area contributed by atoms with Crippen molar-refractivity contribution in [3.05, 3.63) is 95.6 Å². The standard InChI is InChI=1S/C27H30N2O/c1-4-20-15-17-21(18-16-20)27(30)29-24(5-2)19(3)26(23-13-9-10-14-25(23)29)28-22-11-7-6-8-12-22/h6-19,24,26,28H,4-5H2,1-3H3/t19-,24-,26+/m0/s1. The van der Waals surface area contributed by atoms with E-state index in [1.54, 1.807) is 0 Å². The number of benzene rings is 3. The first-order valence-corrected chi connectivity index (χ1v) is 11.0. The van der Waals surface area contributed by atoms with Crippen LogP contribution in [-0.4, -0.2) is 11.9 Å². The lowest BCUT2D eigenvalue weighted by atomic mass is 9.80. The lowest BCUT2D eigenvalue weighted by molar-refractivity contribution is 0.0960. The molecule has 0 saturated heterocycles. The van der Waals surface area contributed by atoms with Crippen molar-refractivity contribution in [3.8, 4) is 0 Å². The summed E-state index contributed by atoms with van der Waals surface area (Å²) in [5, 5.41) is 3.73. The van der Waals surface area contributed by atoms with Crippen molar-refractivity contribution >= 4 is 17.3 Å². The van der Waals surface area contributed by atoms with Crippen LogP contribution >= 0.6 is 0 Å². The monoisotopic (exact) mass is 398 g/mol. The molecule has 1 aliphatic heterocycles. The van der Waals surface area contributed by atoms with Crippen LogP contribution in [0, 0.1) is 5.92 Å². The molecule has 1 N–H and O–H groups in total. The van der Waals surface area contributed by atoms with E-state index in [-0.39, 0.29) is 23.9 Å². The second-order valence-corrected chi connectivity index (χ2v) is 8.11. The van der Waals surface area contributed by atoms with E-state index in [0.717, 1.165) is 29.8 Å². The minimum Gasteiger partial charge on any atom is -0.378 e. The fourth-order valence-electron chi connectivity index (χ4n) is 4.65. The summed E-state index contributed by atoms with van der Waals surface area (Å²) < 4.78 is 0. The molecule has 0 radical (unpaired) electrons. The lowest BCUT2D eigenvalue weighted by Gasteiger charge is -2.45. The molecular weight excluding hydrogens is 368 g/mol. The highest BCUT2D eigenvalue weighted by atomic mass is 16.2. The molecule has 0 bridgehead atoms. The number of fused-ring (bicyclic) bond motifs is 1. The third kappa shape index (κ3) is 3.72. The highest BCUT2D eigenvalue weighted by Gasteiger charge is 2.40. The van der Waals surface area contributed by atoms with E-state index < -0.39 is 0 Å². The van der Waals surface area contributed by atoms with E-state index >= 15 is 0 Å². The Balaban J connectivity index is 1.74. The number of nitrogens with zero attached hydrogens (tertiary/aromatic N) is 1. The first-order valence-electron chi connectivity index (χ1n) is 11.0. The molecule has 154 valence electrons. The summed E-state index contributed by atoms with van der Waals surface area (Å²) in [6.45, 7) is 6.56. The maximum atomic E-state index is 13.6. The summed E-state index contributed by atoms with van der Waals surface area (Å²) >= 11 is 0. The van der Waals surface area contributed by atoms with Gasteiger partial charge in [-0.15, -0.1) is 0 Å². The molecule has 3 aromatic carbocycles. The van der Waals surface area contributed by atoms with Gasteiger partial charge in [0.15, 0.2) is 0 Å². The topological polar surface area (TPSA) is 32.3 Å². The van der Waals surface area contributed by atoms with Gasteiger partial charge in [-0.1, -0.05) is 69.3 Å². The van der Waals surface area contributed by atoms with Crippen LogP contribution in [0.25, 0.3) is 0 Å². The number of nitrogens with one attached hydrogen (secondary N) is 1. The molecule has 4 rings (SSSR count). The zero-order valence-corrected chi connectivity index (χ0v) is 18.0. The van der Waals surface area contributed by atoms with Gasteiger partial charge in [0.1, 0.15) is 0 Å². The van der Waals surface area contributed by atoms with Crippen molar-refractivity contribution in [2.24, 2.45) is 5.92 Å². The van der Waals surface area contributed by atoms with Gasteiger partial charge in [-0.05, 0) is 54.3 Å². The Morgan fingerprint density at radius 2 is 1.57 bits per heavy atom. The van der Waals surface area contributed by atoms with Gasteiger partial charge < -0.3 is 10.2 Å². The summed E-state index contributed by atoms with van der Waals surface area (Å²) in [4.78, 5) is 15.7. The maximum absolute atomic E-state index is 13.6. The summed E-state index contributed by atoms with van der Waals surface area (Å²) in [6.07, 6.45) is 1.88. The van der Waals surface area contributed by atoms with Gasteiger partial charge in [-0.3, -0.25) is 4.79 Å². The van der Waals surface area contributed by atoms with Crippen molar-refractivity contribution in [3.63, 3.8) is 0 Å². The second-order valence-electron chi connectivity index (χ2n) is 8.11. The van der Waals surface area contributed by atoms with Crippen LogP contribution in [0.4, 0.5) is 11.4 Å². The molecule has 0 saturated carbocycles. The van der Waals surface area contributed by atoms with Crippen molar-refractivity contribution in [1.29, 1.82) is 0 Å². The number of hydrogen-bond acceptors (Lipinski definition) is 2. The van der Waals surface area contributed by atoms with Gasteiger partial charge in [-0.25, -0.2) is 0 Å². The molecule has 0 fully saturated rings. The molecule has 3 atom stereocenters. The zero-order valence-electron chi connectivity index (χ0n) is 18.0. The smallest absolute Gasteiger partial charge is 0.258 e. The average Bonchev–Trinajstić information content (AvgIpc) is 2.80. The Kier molecular flexibility index (Phi) is 5.89. The summed E-state index contributed by atoms with van der Waals surface area (Å²) in [6, 6.07) is 27.0. The molecule has 0 aromatic heterocycles. The SMILES string of the molecule is CCc1ccc(C(=O)N2c3ccccc3[C@H](Nc3ccccc3)[C@@H](C)[C@@H]2CC)cc1. The largest absolute Gasteiger partial charge is 0.378 e. The Morgan fingerprint density at radius 1 is 0.900 bits per heavy atom. The summed E-state index contributed by atoms with van der Waals surface area (Å²) in [5.74, 6) is 0.353. The molecule has 3 aromatic rings. The van der Waals surface area contributed by atoms with E-state index in [1.807, 2.05) is 29.2 Å². The molecular formula is C27H30N2O. The molecule has 1 heterocycles. The zero-order chi connectivity index (χ0) is 21.1. The van der Waals surface area contributed by atoms with Crippen LogP contribution < -0.4 is 10.2 Å². The molecule has 1 amide bonds. The number of hydrogen-bond donors (Lipinski definition) is 1. The van der Waals surface area contributed by atoms with Gasteiger partial charge in [0.2, 0.25) is 0 Å². The highest BCUT2D eigenvalue weighted by molar-refractivity contribution is 6.07. The number of carbonyl (C=O) groups excluding carboxylic acids is 1. The second kappa shape index (κ2) is 8.74. The molecule has 0 unspecified atom stereocenters. The van der Waals surface area contributed by atoms with Crippen molar-refractivity contribution in [2.75, 3.05) is 10.2 Å². The van der Waals surface area contributed by atoms with Crippen molar-refractivity contribution < 1.29 is 4.79 Å². The molecule has 0 aliphatic carbocycles. The fraction of sp³-hybridized carbons (Fsp3) is 0.296. The van der Waals surface area contributed by atoms with E-state index in [4.69, 9.17) is 0 Å². The Labute approximate surface area is 179 Å². The summed E-state index contributed by atoms with van der Waals surface area (Å²) in [5.41, 5.74) is 5.30. The Morgan fingerprint density at radius 3 is 2.23 bits per heavy atom. The van der Waals surface area contributed by atoms with Gasteiger partial charge >= 0.3 is 0 Å². The van der Waals surface area contributed by atoms with E-state index in [0.29, 0.717) is 0 Å². The number of anilines is 2.